The summed E-state index contributed by atoms with van der Waals surface area (Å²) >= 11 is 0. The van der Waals surface area contributed by atoms with Crippen LogP contribution < -0.4 is 11.1 Å². The Kier molecular flexibility index (Phi) is 3.85. The van der Waals surface area contributed by atoms with E-state index in [0.717, 1.165) is 0 Å². The first-order valence-corrected chi connectivity index (χ1v) is 5.05. The summed E-state index contributed by atoms with van der Waals surface area (Å²) in [4.78, 5) is 11.7. The third kappa shape index (κ3) is 3.06. The van der Waals surface area contributed by atoms with Crippen molar-refractivity contribution in [3.8, 4) is 0 Å². The molecule has 1 aromatic rings. The molecule has 0 aliphatic rings. The molecule has 0 aromatic carbocycles. The summed E-state index contributed by atoms with van der Waals surface area (Å²) in [5.74, 6) is 0.155. The molecule has 1 unspecified atom stereocenters. The van der Waals surface area contributed by atoms with Gasteiger partial charge in [-0.1, -0.05) is 13.8 Å². The van der Waals surface area contributed by atoms with E-state index in [9.17, 15) is 4.79 Å². The summed E-state index contributed by atoms with van der Waals surface area (Å²) in [6.45, 7) is 4.49. The summed E-state index contributed by atoms with van der Waals surface area (Å²) < 4.78 is 1.60. The van der Waals surface area contributed by atoms with Gasteiger partial charge in [0, 0.05) is 25.8 Å². The summed E-state index contributed by atoms with van der Waals surface area (Å²) in [5, 5.41) is 6.88. The molecule has 15 heavy (non-hydrogen) atoms. The van der Waals surface area contributed by atoms with Crippen LogP contribution in [0.15, 0.2) is 12.3 Å². The van der Waals surface area contributed by atoms with Crippen LogP contribution in [0.25, 0.3) is 0 Å². The van der Waals surface area contributed by atoms with E-state index in [-0.39, 0.29) is 11.9 Å². The largest absolute Gasteiger partial charge is 0.346 e. The van der Waals surface area contributed by atoms with Gasteiger partial charge < -0.3 is 11.1 Å². The lowest BCUT2D eigenvalue weighted by Gasteiger charge is -2.19. The number of nitrogens with two attached hydrogens (primary N) is 1. The smallest absolute Gasteiger partial charge is 0.272 e. The number of hydrogen-bond acceptors (Lipinski definition) is 3. The maximum Gasteiger partial charge on any atom is 0.272 e. The first-order valence-electron chi connectivity index (χ1n) is 5.05. The number of amides is 1. The van der Waals surface area contributed by atoms with Crippen LogP contribution in [0.3, 0.4) is 0 Å². The molecule has 0 saturated heterocycles. The Morgan fingerprint density at radius 2 is 2.33 bits per heavy atom. The second-order valence-corrected chi connectivity index (χ2v) is 3.93. The van der Waals surface area contributed by atoms with Crippen molar-refractivity contribution in [3.63, 3.8) is 0 Å². The van der Waals surface area contributed by atoms with Crippen molar-refractivity contribution >= 4 is 5.91 Å². The van der Waals surface area contributed by atoms with E-state index < -0.39 is 0 Å². The second-order valence-electron chi connectivity index (χ2n) is 3.93. The van der Waals surface area contributed by atoms with Gasteiger partial charge in [0.15, 0.2) is 0 Å². The van der Waals surface area contributed by atoms with Crippen molar-refractivity contribution in [2.75, 3.05) is 6.54 Å². The lowest BCUT2D eigenvalue weighted by molar-refractivity contribution is 0.0922. The van der Waals surface area contributed by atoms with Crippen LogP contribution in [0.1, 0.15) is 24.3 Å². The number of hydrogen-bond donors (Lipinski definition) is 2. The van der Waals surface area contributed by atoms with Gasteiger partial charge in [0.05, 0.1) is 0 Å². The maximum absolute atomic E-state index is 11.7. The number of carbonyl (C=O) groups excluding carboxylic acids is 1. The molecule has 1 heterocycles. The average Bonchev–Trinajstić information content (AvgIpc) is 2.60. The van der Waals surface area contributed by atoms with Crippen molar-refractivity contribution < 1.29 is 4.79 Å². The molecule has 0 radical (unpaired) electrons. The quantitative estimate of drug-likeness (QED) is 0.742. The second kappa shape index (κ2) is 4.93. The van der Waals surface area contributed by atoms with E-state index in [1.807, 2.05) is 13.8 Å². The van der Waals surface area contributed by atoms with Crippen molar-refractivity contribution in [2.24, 2.45) is 18.7 Å². The molecule has 5 nitrogen and oxygen atoms in total. The average molecular weight is 210 g/mol. The first-order chi connectivity index (χ1) is 7.04. The summed E-state index contributed by atoms with van der Waals surface area (Å²) in [7, 11) is 1.78. The van der Waals surface area contributed by atoms with Crippen molar-refractivity contribution in [1.29, 1.82) is 0 Å². The van der Waals surface area contributed by atoms with Crippen LogP contribution in [-0.4, -0.2) is 28.3 Å². The van der Waals surface area contributed by atoms with Gasteiger partial charge in [0.25, 0.3) is 5.91 Å². The lowest BCUT2D eigenvalue weighted by atomic mass is 10.0. The highest BCUT2D eigenvalue weighted by Gasteiger charge is 2.16. The predicted molar refractivity (Wildman–Crippen MR) is 58.4 cm³/mol. The Bertz CT molecular complexity index is 332. The minimum Gasteiger partial charge on any atom is -0.346 e. The monoisotopic (exact) mass is 210 g/mol. The molecule has 0 aliphatic carbocycles. The minimum atomic E-state index is -0.167. The number of aryl methyl sites for hydroxylation is 1. The molecule has 0 fully saturated rings. The molecule has 1 amide bonds. The minimum absolute atomic E-state index is 0.000457. The summed E-state index contributed by atoms with van der Waals surface area (Å²) in [6.07, 6.45) is 1.74. The van der Waals surface area contributed by atoms with E-state index in [1.54, 1.807) is 24.0 Å². The van der Waals surface area contributed by atoms with Crippen LogP contribution in [0.5, 0.6) is 0 Å². The third-order valence-corrected chi connectivity index (χ3v) is 2.32. The van der Waals surface area contributed by atoms with Crippen LogP contribution in [0.4, 0.5) is 0 Å². The van der Waals surface area contributed by atoms with E-state index >= 15 is 0 Å². The molecule has 5 heteroatoms. The Morgan fingerprint density at radius 1 is 1.67 bits per heavy atom. The molecule has 3 N–H and O–H groups in total. The summed E-state index contributed by atoms with van der Waals surface area (Å²) in [6, 6.07) is 1.68. The van der Waals surface area contributed by atoms with Crippen molar-refractivity contribution in [1.82, 2.24) is 15.1 Å². The van der Waals surface area contributed by atoms with Gasteiger partial charge in [-0.3, -0.25) is 9.48 Å². The zero-order chi connectivity index (χ0) is 11.4. The van der Waals surface area contributed by atoms with Gasteiger partial charge in [-0.25, -0.2) is 0 Å². The van der Waals surface area contributed by atoms with Crippen LogP contribution in [0, 0.1) is 5.92 Å². The van der Waals surface area contributed by atoms with Gasteiger partial charge in [-0.2, -0.15) is 5.10 Å². The fraction of sp³-hybridized carbons (Fsp3) is 0.600. The Balaban J connectivity index is 2.62. The van der Waals surface area contributed by atoms with Crippen molar-refractivity contribution in [2.45, 2.75) is 19.9 Å². The van der Waals surface area contributed by atoms with Crippen LogP contribution in [-0.2, 0) is 7.05 Å². The highest BCUT2D eigenvalue weighted by molar-refractivity contribution is 5.92. The highest BCUT2D eigenvalue weighted by atomic mass is 16.2. The van der Waals surface area contributed by atoms with Gasteiger partial charge in [0.1, 0.15) is 5.69 Å². The van der Waals surface area contributed by atoms with E-state index in [2.05, 4.69) is 10.4 Å². The van der Waals surface area contributed by atoms with Crippen LogP contribution >= 0.6 is 0 Å². The van der Waals surface area contributed by atoms with E-state index in [1.165, 1.54) is 0 Å². The van der Waals surface area contributed by atoms with E-state index in [0.29, 0.717) is 18.2 Å². The third-order valence-electron chi connectivity index (χ3n) is 2.32. The van der Waals surface area contributed by atoms with Gasteiger partial charge in [-0.05, 0) is 12.0 Å². The molecule has 0 saturated carbocycles. The molecular weight excluding hydrogens is 192 g/mol. The number of carbonyl (C=O) groups is 1. The molecule has 1 aromatic heterocycles. The van der Waals surface area contributed by atoms with E-state index in [4.69, 9.17) is 5.73 Å². The Morgan fingerprint density at radius 3 is 2.73 bits per heavy atom. The zero-order valence-electron chi connectivity index (χ0n) is 9.40. The molecular formula is C10H18N4O. The Labute approximate surface area is 89.6 Å². The lowest BCUT2D eigenvalue weighted by Crippen LogP contribution is -2.43. The topological polar surface area (TPSA) is 72.9 Å². The fourth-order valence-electron chi connectivity index (χ4n) is 1.28. The SMILES string of the molecule is CC(C)C(CN)NC(=O)c1ccn(C)n1. The maximum atomic E-state index is 11.7. The molecule has 1 rings (SSSR count). The van der Waals surface area contributed by atoms with Crippen molar-refractivity contribution in [3.05, 3.63) is 18.0 Å². The molecule has 0 aliphatic heterocycles. The zero-order valence-corrected chi connectivity index (χ0v) is 9.40. The van der Waals surface area contributed by atoms with Crippen LogP contribution in [0.2, 0.25) is 0 Å². The molecule has 0 bridgehead atoms. The molecule has 1 atom stereocenters. The number of aromatic nitrogens is 2. The summed E-state index contributed by atoms with van der Waals surface area (Å²) in [5.41, 5.74) is 5.99. The Hall–Kier alpha value is -1.36. The normalized spacial score (nSPS) is 12.9. The first kappa shape index (κ1) is 11.7. The van der Waals surface area contributed by atoms with Gasteiger partial charge >= 0.3 is 0 Å². The highest BCUT2D eigenvalue weighted by Crippen LogP contribution is 2.01. The molecule has 84 valence electrons. The molecule has 0 spiro atoms. The standard InChI is InChI=1S/C10H18N4O/c1-7(2)9(6-11)12-10(15)8-4-5-14(3)13-8/h4-5,7,9H,6,11H2,1-3H3,(H,12,15). The number of rotatable bonds is 4. The predicted octanol–water partition coefficient (Wildman–Crippen LogP) is 0.133. The fourth-order valence-corrected chi connectivity index (χ4v) is 1.28. The number of nitrogens with zero attached hydrogens (tertiary/aromatic N) is 2. The number of nitrogens with one attached hydrogen (secondary N) is 1. The van der Waals surface area contributed by atoms with Gasteiger partial charge in [0.2, 0.25) is 0 Å². The van der Waals surface area contributed by atoms with Gasteiger partial charge in [-0.15, -0.1) is 0 Å².